The lowest BCUT2D eigenvalue weighted by atomic mass is 10.1. The minimum atomic E-state index is -4.89. The average Bonchev–Trinajstić information content (AvgIpc) is 3.37. The molecule has 0 unspecified atom stereocenters. The molecule has 0 N–H and O–H groups in total. The Hall–Kier alpha value is -4.52. The second-order valence-electron chi connectivity index (χ2n) is 9.43. The summed E-state index contributed by atoms with van der Waals surface area (Å²) in [6, 6.07) is 10.7. The van der Waals surface area contributed by atoms with Gasteiger partial charge in [0.15, 0.2) is 17.5 Å². The molecule has 0 amide bonds. The highest BCUT2D eigenvalue weighted by Gasteiger charge is 2.43. The van der Waals surface area contributed by atoms with Gasteiger partial charge in [0.1, 0.15) is 33.7 Å². The van der Waals surface area contributed by atoms with Crippen molar-refractivity contribution >= 4 is 21.6 Å². The van der Waals surface area contributed by atoms with E-state index < -0.39 is 63.9 Å². The summed E-state index contributed by atoms with van der Waals surface area (Å²) in [7, 11) is 0. The van der Waals surface area contributed by atoms with E-state index in [9.17, 15) is 39.5 Å². The van der Waals surface area contributed by atoms with Gasteiger partial charge in [-0.3, -0.25) is 0 Å². The summed E-state index contributed by atoms with van der Waals surface area (Å²) < 4.78 is 137. The minimum absolute atomic E-state index is 0.0315. The molecule has 13 heteroatoms. The van der Waals surface area contributed by atoms with Crippen molar-refractivity contribution in [2.45, 2.75) is 25.1 Å². The molecule has 5 rings (SSSR count). The highest BCUT2D eigenvalue weighted by atomic mass is 32.1. The number of ether oxygens (including phenoxy) is 2. The summed E-state index contributed by atoms with van der Waals surface area (Å²) in [5, 5.41) is 0.561. The Labute approximate surface area is 247 Å². The quantitative estimate of drug-likeness (QED) is 0.0866. The predicted molar refractivity (Wildman–Crippen MR) is 145 cm³/mol. The molecular formula is C31H18F9NO2S. The van der Waals surface area contributed by atoms with Gasteiger partial charge in [0.05, 0.1) is 15.8 Å². The van der Waals surface area contributed by atoms with E-state index in [-0.39, 0.29) is 24.3 Å². The van der Waals surface area contributed by atoms with Crippen LogP contribution in [0.3, 0.4) is 0 Å². The monoisotopic (exact) mass is 639 g/mol. The van der Waals surface area contributed by atoms with Crippen LogP contribution in [0, 0.1) is 29.1 Å². The Bertz CT molecular complexity index is 1810. The lowest BCUT2D eigenvalue weighted by Crippen LogP contribution is -2.26. The van der Waals surface area contributed by atoms with Gasteiger partial charge >= 0.3 is 12.2 Å². The molecule has 0 spiro atoms. The van der Waals surface area contributed by atoms with Crippen molar-refractivity contribution in [1.29, 1.82) is 0 Å². The zero-order valence-corrected chi connectivity index (χ0v) is 22.9. The van der Waals surface area contributed by atoms with Crippen molar-refractivity contribution in [3.8, 4) is 22.1 Å². The third kappa shape index (κ3) is 6.37. The number of halogens is 9. The molecule has 0 aliphatic rings. The van der Waals surface area contributed by atoms with Crippen LogP contribution < -0.4 is 9.47 Å². The molecule has 5 aromatic rings. The zero-order valence-electron chi connectivity index (χ0n) is 22.1. The van der Waals surface area contributed by atoms with Crippen molar-refractivity contribution in [3.63, 3.8) is 0 Å². The molecule has 228 valence electrons. The summed E-state index contributed by atoms with van der Waals surface area (Å²) in [6.07, 6.45) is -5.63. The number of thiazole rings is 1. The second-order valence-corrected chi connectivity index (χ2v) is 10.5. The molecule has 1 heterocycles. The Kier molecular flexibility index (Phi) is 8.34. The van der Waals surface area contributed by atoms with Gasteiger partial charge in [-0.05, 0) is 42.7 Å². The van der Waals surface area contributed by atoms with E-state index in [0.29, 0.717) is 10.6 Å². The topological polar surface area (TPSA) is 31.4 Å². The normalized spacial score (nSPS) is 12.0. The maximum absolute atomic E-state index is 14.9. The summed E-state index contributed by atoms with van der Waals surface area (Å²) in [5.74, 6) is -12.4. The first-order valence-electron chi connectivity index (χ1n) is 12.7. The van der Waals surface area contributed by atoms with Gasteiger partial charge < -0.3 is 9.47 Å². The van der Waals surface area contributed by atoms with E-state index in [1.807, 2.05) is 24.3 Å². The first-order valence-corrected chi connectivity index (χ1v) is 13.5. The number of hydrogen-bond acceptors (Lipinski definition) is 4. The minimum Gasteiger partial charge on any atom is -0.429 e. The number of benzene rings is 4. The highest BCUT2D eigenvalue weighted by Crippen LogP contribution is 2.40. The van der Waals surface area contributed by atoms with Gasteiger partial charge in [-0.25, -0.2) is 26.9 Å². The van der Waals surface area contributed by atoms with Gasteiger partial charge in [-0.15, -0.1) is 17.9 Å². The fourth-order valence-corrected chi connectivity index (χ4v) is 5.24. The van der Waals surface area contributed by atoms with Crippen LogP contribution in [0.25, 0.3) is 20.8 Å². The molecule has 1 aromatic heterocycles. The van der Waals surface area contributed by atoms with Crippen molar-refractivity contribution in [1.82, 2.24) is 4.98 Å². The first kappa shape index (κ1) is 30.9. The molecule has 4 aromatic carbocycles. The number of allylic oxidation sites excluding steroid dienone is 1. The number of rotatable bonds is 10. The molecule has 0 bridgehead atoms. The number of aromatic nitrogens is 1. The maximum atomic E-state index is 14.9. The van der Waals surface area contributed by atoms with E-state index in [1.165, 1.54) is 23.5 Å². The molecule has 0 radical (unpaired) electrons. The average molecular weight is 640 g/mol. The van der Waals surface area contributed by atoms with Crippen LogP contribution in [0.5, 0.6) is 11.5 Å². The fourth-order valence-electron chi connectivity index (χ4n) is 4.21. The van der Waals surface area contributed by atoms with Gasteiger partial charge in [-0.2, -0.15) is 17.6 Å². The second kappa shape index (κ2) is 11.9. The van der Waals surface area contributed by atoms with E-state index in [4.69, 9.17) is 0 Å². The lowest BCUT2D eigenvalue weighted by molar-refractivity contribution is -0.190. The van der Waals surface area contributed by atoms with Crippen LogP contribution in [-0.2, 0) is 18.6 Å². The van der Waals surface area contributed by atoms with E-state index in [1.54, 1.807) is 0 Å². The van der Waals surface area contributed by atoms with Crippen LogP contribution >= 0.6 is 11.3 Å². The predicted octanol–water partition coefficient (Wildman–Crippen LogP) is 10.0. The van der Waals surface area contributed by atoms with Crippen LogP contribution in [0.2, 0.25) is 0 Å². The van der Waals surface area contributed by atoms with Crippen LogP contribution in [0.1, 0.15) is 23.1 Å². The molecule has 44 heavy (non-hydrogen) atoms. The molecular weight excluding hydrogens is 621 g/mol. The largest absolute Gasteiger partial charge is 0.432 e. The molecule has 3 nitrogen and oxygen atoms in total. The molecule has 0 saturated carbocycles. The van der Waals surface area contributed by atoms with E-state index in [0.717, 1.165) is 40.8 Å². The van der Waals surface area contributed by atoms with E-state index in [2.05, 4.69) is 21.0 Å². The molecule has 0 atom stereocenters. The fraction of sp³-hybridized carbons (Fsp3) is 0.129. The first-order chi connectivity index (χ1) is 20.8. The Morgan fingerprint density at radius 1 is 0.727 bits per heavy atom. The van der Waals surface area contributed by atoms with E-state index >= 15 is 0 Å². The molecule has 0 saturated heterocycles. The standard InChI is InChI=1S/C31H18F9NO2S/c1-2-3-4-16-5-10-25-26(11-16)44-29(41-25)17-6-8-18(9-7-17)30(37,38)42-19-12-21(32)27(22(33)13-19)31(39,40)43-20-14-23(34)28(36)24(35)15-20/h2,5-15H,1,3-4H2. The zero-order chi connectivity index (χ0) is 31.8. The Balaban J connectivity index is 1.34. The third-order valence-corrected chi connectivity index (χ3v) is 7.38. The van der Waals surface area contributed by atoms with Crippen molar-refractivity contribution in [3.05, 3.63) is 125 Å². The summed E-state index contributed by atoms with van der Waals surface area (Å²) in [4.78, 5) is 4.52. The van der Waals surface area contributed by atoms with Crippen molar-refractivity contribution in [2.75, 3.05) is 0 Å². The third-order valence-electron chi connectivity index (χ3n) is 6.31. The van der Waals surface area contributed by atoms with Crippen molar-refractivity contribution < 1.29 is 49.0 Å². The smallest absolute Gasteiger partial charge is 0.429 e. The van der Waals surface area contributed by atoms with Crippen LogP contribution in [0.4, 0.5) is 39.5 Å². The molecule has 0 fully saturated rings. The van der Waals surface area contributed by atoms with Gasteiger partial charge in [0, 0.05) is 29.8 Å². The van der Waals surface area contributed by atoms with Crippen LogP contribution in [0.15, 0.2) is 79.4 Å². The number of aryl methyl sites for hydroxylation is 1. The van der Waals surface area contributed by atoms with Gasteiger partial charge in [-0.1, -0.05) is 24.3 Å². The Morgan fingerprint density at radius 2 is 1.30 bits per heavy atom. The molecule has 0 aliphatic carbocycles. The summed E-state index contributed by atoms with van der Waals surface area (Å²) in [6.45, 7) is 3.70. The number of hydrogen-bond donors (Lipinski definition) is 0. The van der Waals surface area contributed by atoms with Crippen molar-refractivity contribution in [2.24, 2.45) is 0 Å². The molecule has 0 aliphatic heterocycles. The highest BCUT2D eigenvalue weighted by molar-refractivity contribution is 7.21. The van der Waals surface area contributed by atoms with Gasteiger partial charge in [0.2, 0.25) is 0 Å². The lowest BCUT2D eigenvalue weighted by Gasteiger charge is -2.22. The summed E-state index contributed by atoms with van der Waals surface area (Å²) >= 11 is 1.36. The van der Waals surface area contributed by atoms with Gasteiger partial charge in [0.25, 0.3) is 0 Å². The van der Waals surface area contributed by atoms with Crippen LogP contribution in [-0.4, -0.2) is 4.98 Å². The SMILES string of the molecule is C=CCCc1ccc2nc(-c3ccc(C(F)(F)Oc4cc(F)c(C(F)(F)Oc5cc(F)c(F)c(F)c5)c(F)c4)cc3)sc2c1. The maximum Gasteiger partial charge on any atom is 0.432 e. The Morgan fingerprint density at radius 3 is 1.89 bits per heavy atom. The number of nitrogens with zero attached hydrogens (tertiary/aromatic N) is 1. The summed E-state index contributed by atoms with van der Waals surface area (Å²) in [5.41, 5.74) is -0.441. The number of fused-ring (bicyclic) bond motifs is 1. The number of alkyl halides is 4.